The van der Waals surface area contributed by atoms with Crippen molar-refractivity contribution < 1.29 is 28.8 Å². The second kappa shape index (κ2) is 7.67. The number of likely N-dealkylation sites (tertiary alicyclic amines) is 1. The normalized spacial score (nSPS) is 17.8. The fourth-order valence-electron chi connectivity index (χ4n) is 3.68. The van der Waals surface area contributed by atoms with Crippen LogP contribution in [-0.2, 0) is 0 Å². The number of benzene rings is 2. The van der Waals surface area contributed by atoms with E-state index in [9.17, 15) is 9.90 Å². The van der Waals surface area contributed by atoms with E-state index in [4.69, 9.17) is 0 Å². The van der Waals surface area contributed by atoms with Crippen LogP contribution in [0.15, 0.2) is 48.7 Å². The molecule has 0 spiro atoms. The van der Waals surface area contributed by atoms with E-state index in [1.54, 1.807) is 10.7 Å². The third kappa shape index (κ3) is 3.57. The van der Waals surface area contributed by atoms with Gasteiger partial charge in [-0.3, -0.25) is 0 Å². The van der Waals surface area contributed by atoms with Gasteiger partial charge in [-0.1, -0.05) is 30.3 Å². The van der Waals surface area contributed by atoms with Gasteiger partial charge in [-0.15, -0.1) is 0 Å². The number of aromatic carboxylic acids is 1. The Hall–Kier alpha value is -2.06. The summed E-state index contributed by atoms with van der Waals surface area (Å²) < 4.78 is 1.73. The molecule has 3 aromatic rings. The molecule has 0 bridgehead atoms. The van der Waals surface area contributed by atoms with Crippen LogP contribution in [0.3, 0.4) is 0 Å². The van der Waals surface area contributed by atoms with Crippen LogP contribution in [-0.4, -0.2) is 40.8 Å². The maximum absolute atomic E-state index is 11.2. The maximum atomic E-state index is 11.2. The van der Waals surface area contributed by atoms with Gasteiger partial charge in [-0.25, -0.2) is 4.68 Å². The first kappa shape index (κ1) is 18.7. The standard InChI is InChI=1S/C20H21N3O2.Li/c1-22-11-3-5-15(12-22)14-7-9-17(10-8-14)23-13-16-4-2-6-18(20(24)25)19(16)21-23;/h2,4,6-10,13,15H,3,5,11-12H2,1H3,(H,24,25);/q;+1/p-1/t15-;/m1./s1. The molecule has 2 heterocycles. The molecule has 0 amide bonds. The third-order valence-electron chi connectivity index (χ3n) is 5.01. The first-order valence-corrected chi connectivity index (χ1v) is 8.60. The zero-order chi connectivity index (χ0) is 17.4. The van der Waals surface area contributed by atoms with Gasteiger partial charge in [0.2, 0.25) is 0 Å². The molecule has 0 unspecified atom stereocenters. The summed E-state index contributed by atoms with van der Waals surface area (Å²) in [5.41, 5.74) is 2.86. The molecule has 1 aliphatic rings. The summed E-state index contributed by atoms with van der Waals surface area (Å²) in [6, 6.07) is 13.5. The van der Waals surface area contributed by atoms with Gasteiger partial charge < -0.3 is 14.8 Å². The molecule has 0 radical (unpaired) electrons. The van der Waals surface area contributed by atoms with Crippen molar-refractivity contribution in [1.82, 2.24) is 14.7 Å². The number of carboxylic acid groups (broad SMARTS) is 1. The van der Waals surface area contributed by atoms with Crippen LogP contribution in [0.2, 0.25) is 0 Å². The van der Waals surface area contributed by atoms with Crippen LogP contribution in [0.4, 0.5) is 0 Å². The quantitative estimate of drug-likeness (QED) is 0.586. The molecule has 1 aromatic heterocycles. The van der Waals surface area contributed by atoms with Crippen molar-refractivity contribution in [2.45, 2.75) is 18.8 Å². The summed E-state index contributed by atoms with van der Waals surface area (Å²) >= 11 is 0. The van der Waals surface area contributed by atoms with Crippen molar-refractivity contribution in [3.63, 3.8) is 0 Å². The first-order chi connectivity index (χ1) is 12.1. The van der Waals surface area contributed by atoms with Crippen LogP contribution >= 0.6 is 0 Å². The van der Waals surface area contributed by atoms with Crippen molar-refractivity contribution in [2.24, 2.45) is 0 Å². The predicted octanol–water partition coefficient (Wildman–Crippen LogP) is -0.798. The number of hydrogen-bond donors (Lipinski definition) is 0. The minimum atomic E-state index is -1.20. The van der Waals surface area contributed by atoms with E-state index < -0.39 is 5.97 Å². The monoisotopic (exact) mass is 341 g/mol. The van der Waals surface area contributed by atoms with Gasteiger partial charge in [0.15, 0.2) is 0 Å². The number of hydrogen-bond acceptors (Lipinski definition) is 4. The number of nitrogens with zero attached hydrogens (tertiary/aromatic N) is 3. The number of carboxylic acids is 1. The Morgan fingerprint density at radius 3 is 2.65 bits per heavy atom. The fraction of sp³-hybridized carbons (Fsp3) is 0.300. The van der Waals surface area contributed by atoms with Crippen molar-refractivity contribution >= 4 is 16.9 Å². The zero-order valence-corrected chi connectivity index (χ0v) is 15.2. The molecule has 1 aliphatic heterocycles. The van der Waals surface area contributed by atoms with Crippen LogP contribution < -0.4 is 24.0 Å². The van der Waals surface area contributed by atoms with Crippen LogP contribution in [0.1, 0.15) is 34.7 Å². The average Bonchev–Trinajstić information content (AvgIpc) is 3.06. The first-order valence-electron chi connectivity index (χ1n) is 8.60. The van der Waals surface area contributed by atoms with E-state index in [2.05, 4.69) is 41.3 Å². The van der Waals surface area contributed by atoms with E-state index >= 15 is 0 Å². The fourth-order valence-corrected chi connectivity index (χ4v) is 3.68. The minimum absolute atomic E-state index is 0. The number of carbonyl (C=O) groups is 1. The van der Waals surface area contributed by atoms with Crippen molar-refractivity contribution in [3.05, 3.63) is 59.8 Å². The molecule has 1 fully saturated rings. The Bertz CT molecular complexity index is 920. The molecule has 6 heteroatoms. The van der Waals surface area contributed by atoms with Crippen molar-refractivity contribution in [3.8, 4) is 5.69 Å². The largest absolute Gasteiger partial charge is 1.00 e. The summed E-state index contributed by atoms with van der Waals surface area (Å²) in [5.74, 6) is -0.623. The summed E-state index contributed by atoms with van der Waals surface area (Å²) in [4.78, 5) is 13.6. The number of aromatic nitrogens is 2. The summed E-state index contributed by atoms with van der Waals surface area (Å²) in [6.45, 7) is 2.27. The molecule has 0 N–H and O–H groups in total. The predicted molar refractivity (Wildman–Crippen MR) is 94.9 cm³/mol. The average molecular weight is 341 g/mol. The Labute approximate surface area is 164 Å². The molecule has 2 aromatic carbocycles. The minimum Gasteiger partial charge on any atom is -0.545 e. The molecule has 0 aliphatic carbocycles. The molecule has 26 heavy (non-hydrogen) atoms. The topological polar surface area (TPSA) is 61.2 Å². The van der Waals surface area contributed by atoms with Gasteiger partial charge in [0.25, 0.3) is 0 Å². The number of fused-ring (bicyclic) bond motifs is 1. The van der Waals surface area contributed by atoms with Crippen LogP contribution in [0.25, 0.3) is 16.6 Å². The van der Waals surface area contributed by atoms with Crippen LogP contribution in [0.5, 0.6) is 0 Å². The Balaban J connectivity index is 0.00000196. The second-order valence-corrected chi connectivity index (χ2v) is 6.80. The zero-order valence-electron chi connectivity index (χ0n) is 15.2. The molecular weight excluding hydrogens is 321 g/mol. The number of carbonyl (C=O) groups excluding carboxylic acids is 1. The molecule has 0 saturated carbocycles. The number of rotatable bonds is 3. The summed E-state index contributed by atoms with van der Waals surface area (Å²) in [6.07, 6.45) is 4.31. The molecular formula is C20H20LiN3O2. The summed E-state index contributed by atoms with van der Waals surface area (Å²) in [7, 11) is 2.17. The SMILES string of the molecule is CN1CCC[C@@H](c2ccc(-n3cc4cccc(C(=O)[O-])c4n3)cc2)C1.[Li+]. The third-order valence-corrected chi connectivity index (χ3v) is 5.01. The van der Waals surface area contributed by atoms with Crippen molar-refractivity contribution in [1.29, 1.82) is 0 Å². The van der Waals surface area contributed by atoms with Gasteiger partial charge >= 0.3 is 18.9 Å². The smallest absolute Gasteiger partial charge is 0.545 e. The molecule has 5 nitrogen and oxygen atoms in total. The van der Waals surface area contributed by atoms with E-state index in [1.165, 1.54) is 31.0 Å². The number of likely N-dealkylation sites (N-methyl/N-ethyl adjacent to an activating group) is 1. The molecule has 1 saturated heterocycles. The van der Waals surface area contributed by atoms with E-state index in [0.29, 0.717) is 11.4 Å². The van der Waals surface area contributed by atoms with Crippen LogP contribution in [0, 0.1) is 0 Å². The summed E-state index contributed by atoms with van der Waals surface area (Å²) in [5, 5.41) is 16.5. The molecule has 1 atom stereocenters. The number of piperidine rings is 1. The van der Waals surface area contributed by atoms with E-state index in [-0.39, 0.29) is 24.4 Å². The Morgan fingerprint density at radius 1 is 1.19 bits per heavy atom. The van der Waals surface area contributed by atoms with Gasteiger partial charge in [-0.2, -0.15) is 5.10 Å². The van der Waals surface area contributed by atoms with Gasteiger partial charge in [0.1, 0.15) is 5.52 Å². The van der Waals surface area contributed by atoms with Crippen molar-refractivity contribution in [2.75, 3.05) is 20.1 Å². The molecule has 128 valence electrons. The van der Waals surface area contributed by atoms with E-state index in [1.807, 2.05) is 12.3 Å². The second-order valence-electron chi connectivity index (χ2n) is 6.80. The van der Waals surface area contributed by atoms with Gasteiger partial charge in [-0.05, 0) is 50.0 Å². The maximum Gasteiger partial charge on any atom is 1.00 e. The van der Waals surface area contributed by atoms with Gasteiger partial charge in [0.05, 0.1) is 11.7 Å². The van der Waals surface area contributed by atoms with E-state index in [0.717, 1.165) is 17.6 Å². The van der Waals surface area contributed by atoms with Gasteiger partial charge in [0, 0.05) is 23.7 Å². The Kier molecular flexibility index (Phi) is 5.52. The Morgan fingerprint density at radius 2 is 1.96 bits per heavy atom. The molecule has 4 rings (SSSR count).